The highest BCUT2D eigenvalue weighted by Crippen LogP contribution is 2.29. The van der Waals surface area contributed by atoms with Crippen molar-refractivity contribution < 1.29 is 13.2 Å². The normalized spacial score (nSPS) is 12.1. The Bertz CT molecular complexity index is 1350. The van der Waals surface area contributed by atoms with Crippen LogP contribution in [-0.2, 0) is 14.8 Å². The average Bonchev–Trinajstić information content (AvgIpc) is 2.82. The molecule has 0 spiro atoms. The second-order valence-corrected chi connectivity index (χ2v) is 10.9. The SMILES string of the molecule is CCC(Sc1nc(C(C)C)ccc1C#N)C(=O)Nc1ccc(S(=O)(=O)Nc2nccc(C)n2)cc1. The molecule has 0 aliphatic carbocycles. The van der Waals surface area contributed by atoms with Gasteiger partial charge in [-0.05, 0) is 61.7 Å². The number of carbonyl (C=O) groups excluding carboxylic acids is 1. The molecule has 1 amide bonds. The molecule has 35 heavy (non-hydrogen) atoms. The molecule has 3 aromatic rings. The number of nitrogens with zero attached hydrogens (tertiary/aromatic N) is 4. The number of amides is 1. The van der Waals surface area contributed by atoms with E-state index in [0.717, 1.165) is 5.69 Å². The van der Waals surface area contributed by atoms with E-state index >= 15 is 0 Å². The van der Waals surface area contributed by atoms with Crippen LogP contribution in [0.15, 0.2) is 58.6 Å². The molecule has 9 nitrogen and oxygen atoms in total. The average molecular weight is 511 g/mol. The second kappa shape index (κ2) is 11.3. The van der Waals surface area contributed by atoms with E-state index in [1.807, 2.05) is 26.8 Å². The van der Waals surface area contributed by atoms with Crippen molar-refractivity contribution in [2.75, 3.05) is 10.0 Å². The smallest absolute Gasteiger partial charge is 0.264 e. The summed E-state index contributed by atoms with van der Waals surface area (Å²) in [4.78, 5) is 25.5. The number of nitriles is 1. The zero-order valence-corrected chi connectivity index (χ0v) is 21.4. The van der Waals surface area contributed by atoms with Gasteiger partial charge in [0, 0.05) is 23.3 Å². The molecule has 0 saturated heterocycles. The summed E-state index contributed by atoms with van der Waals surface area (Å²) in [6, 6.07) is 13.2. The molecular formula is C24H26N6O3S2. The molecule has 2 aromatic heterocycles. The minimum atomic E-state index is -3.89. The monoisotopic (exact) mass is 510 g/mol. The highest BCUT2D eigenvalue weighted by Gasteiger charge is 2.22. The van der Waals surface area contributed by atoms with Crippen LogP contribution in [0.1, 0.15) is 50.1 Å². The first-order valence-electron chi connectivity index (χ1n) is 10.9. The van der Waals surface area contributed by atoms with E-state index < -0.39 is 15.3 Å². The third-order valence-corrected chi connectivity index (χ3v) is 7.67. The lowest BCUT2D eigenvalue weighted by atomic mass is 10.1. The Morgan fingerprint density at radius 2 is 1.83 bits per heavy atom. The second-order valence-electron chi connectivity index (χ2n) is 8.01. The van der Waals surface area contributed by atoms with E-state index in [4.69, 9.17) is 0 Å². The first-order valence-corrected chi connectivity index (χ1v) is 13.3. The number of thioether (sulfide) groups is 1. The number of nitrogens with one attached hydrogen (secondary N) is 2. The van der Waals surface area contributed by atoms with Gasteiger partial charge < -0.3 is 5.32 Å². The number of rotatable bonds is 9. The molecule has 2 N–H and O–H groups in total. The number of anilines is 2. The highest BCUT2D eigenvalue weighted by atomic mass is 32.2. The fraction of sp³-hybridized carbons (Fsp3) is 0.292. The summed E-state index contributed by atoms with van der Waals surface area (Å²) >= 11 is 1.24. The summed E-state index contributed by atoms with van der Waals surface area (Å²) < 4.78 is 27.6. The van der Waals surface area contributed by atoms with E-state index in [0.29, 0.717) is 28.4 Å². The fourth-order valence-corrected chi connectivity index (χ4v) is 4.98. The highest BCUT2D eigenvalue weighted by molar-refractivity contribution is 8.00. The summed E-state index contributed by atoms with van der Waals surface area (Å²) in [5, 5.41) is 12.3. The summed E-state index contributed by atoms with van der Waals surface area (Å²) in [5.41, 5.74) is 2.35. The molecular weight excluding hydrogens is 484 g/mol. The van der Waals surface area contributed by atoms with Crippen LogP contribution in [0.5, 0.6) is 0 Å². The van der Waals surface area contributed by atoms with Gasteiger partial charge in [0.2, 0.25) is 11.9 Å². The Morgan fingerprint density at radius 3 is 2.43 bits per heavy atom. The maximum atomic E-state index is 12.9. The molecule has 0 aliphatic rings. The molecule has 2 heterocycles. The van der Waals surface area contributed by atoms with Gasteiger partial charge in [-0.3, -0.25) is 4.79 Å². The molecule has 1 unspecified atom stereocenters. The molecule has 0 aliphatic heterocycles. The van der Waals surface area contributed by atoms with Crippen molar-refractivity contribution in [3.63, 3.8) is 0 Å². The minimum absolute atomic E-state index is 0.00961. The lowest BCUT2D eigenvalue weighted by Gasteiger charge is -2.16. The Balaban J connectivity index is 1.71. The quantitative estimate of drug-likeness (QED) is 0.402. The van der Waals surface area contributed by atoms with Crippen LogP contribution in [0.25, 0.3) is 0 Å². The van der Waals surface area contributed by atoms with Crippen molar-refractivity contribution in [3.8, 4) is 6.07 Å². The first-order chi connectivity index (χ1) is 16.6. The first kappa shape index (κ1) is 26.1. The number of sulfonamides is 1. The van der Waals surface area contributed by atoms with E-state index in [2.05, 4.69) is 31.1 Å². The van der Waals surface area contributed by atoms with Gasteiger partial charge in [0.05, 0.1) is 15.7 Å². The van der Waals surface area contributed by atoms with Crippen molar-refractivity contribution >= 4 is 39.3 Å². The van der Waals surface area contributed by atoms with E-state index in [9.17, 15) is 18.5 Å². The van der Waals surface area contributed by atoms with Gasteiger partial charge in [-0.15, -0.1) is 0 Å². The Kier molecular flexibility index (Phi) is 8.43. The third-order valence-electron chi connectivity index (χ3n) is 4.96. The van der Waals surface area contributed by atoms with Crippen molar-refractivity contribution in [1.29, 1.82) is 5.26 Å². The van der Waals surface area contributed by atoms with Crippen molar-refractivity contribution in [1.82, 2.24) is 15.0 Å². The van der Waals surface area contributed by atoms with Crippen molar-refractivity contribution in [2.24, 2.45) is 0 Å². The number of hydrogen-bond donors (Lipinski definition) is 2. The molecule has 0 radical (unpaired) electrons. The van der Waals surface area contributed by atoms with Gasteiger partial charge in [-0.1, -0.05) is 32.5 Å². The maximum Gasteiger partial charge on any atom is 0.264 e. The summed E-state index contributed by atoms with van der Waals surface area (Å²) in [6.07, 6.45) is 1.98. The van der Waals surface area contributed by atoms with Crippen molar-refractivity contribution in [3.05, 3.63) is 65.6 Å². The van der Waals surface area contributed by atoms with Crippen LogP contribution in [0.2, 0.25) is 0 Å². The molecule has 1 atom stereocenters. The van der Waals surface area contributed by atoms with Crippen molar-refractivity contribution in [2.45, 2.75) is 55.2 Å². The lowest BCUT2D eigenvalue weighted by Crippen LogP contribution is -2.25. The van der Waals surface area contributed by atoms with Gasteiger partial charge in [0.15, 0.2) is 0 Å². The molecule has 0 fully saturated rings. The summed E-state index contributed by atoms with van der Waals surface area (Å²) in [6.45, 7) is 7.64. The maximum absolute atomic E-state index is 12.9. The lowest BCUT2D eigenvalue weighted by molar-refractivity contribution is -0.115. The van der Waals surface area contributed by atoms with Crippen LogP contribution < -0.4 is 10.0 Å². The number of aryl methyl sites for hydroxylation is 1. The van der Waals surface area contributed by atoms with E-state index in [-0.39, 0.29) is 22.7 Å². The molecule has 11 heteroatoms. The number of pyridine rings is 1. The van der Waals surface area contributed by atoms with Crippen LogP contribution in [0, 0.1) is 18.3 Å². The number of benzene rings is 1. The number of aromatic nitrogens is 3. The Labute approximate surface area is 209 Å². The third kappa shape index (κ3) is 6.77. The molecule has 182 valence electrons. The predicted octanol–water partition coefficient (Wildman–Crippen LogP) is 4.49. The zero-order chi connectivity index (χ0) is 25.6. The fourth-order valence-electron chi connectivity index (χ4n) is 3.03. The zero-order valence-electron chi connectivity index (χ0n) is 19.8. The van der Waals surface area contributed by atoms with Gasteiger partial charge >= 0.3 is 0 Å². The van der Waals surface area contributed by atoms with Crippen LogP contribution in [0.4, 0.5) is 11.6 Å². The van der Waals surface area contributed by atoms with Crippen LogP contribution in [-0.4, -0.2) is 34.5 Å². The molecule has 0 saturated carbocycles. The van der Waals surface area contributed by atoms with Gasteiger partial charge in [-0.2, -0.15) is 5.26 Å². The predicted molar refractivity (Wildman–Crippen MR) is 136 cm³/mol. The van der Waals surface area contributed by atoms with Crippen LogP contribution >= 0.6 is 11.8 Å². The molecule has 1 aromatic carbocycles. The number of carbonyl (C=O) groups is 1. The largest absolute Gasteiger partial charge is 0.325 e. The topological polar surface area (TPSA) is 138 Å². The van der Waals surface area contributed by atoms with Gasteiger partial charge in [0.25, 0.3) is 10.0 Å². The number of hydrogen-bond acceptors (Lipinski definition) is 8. The van der Waals surface area contributed by atoms with Gasteiger partial charge in [0.1, 0.15) is 11.1 Å². The molecule has 0 bridgehead atoms. The summed E-state index contributed by atoms with van der Waals surface area (Å²) in [5.74, 6) is -0.0881. The standard InChI is InChI=1S/C24H26N6O3S2/c1-5-21(34-23-17(14-25)6-11-20(29-23)15(2)3)22(31)28-18-7-9-19(10-8-18)35(32,33)30-24-26-13-12-16(4)27-24/h6-13,15,21H,5H2,1-4H3,(H,28,31)(H,26,27,30). The van der Waals surface area contributed by atoms with Gasteiger partial charge in [-0.25, -0.2) is 28.1 Å². The Morgan fingerprint density at radius 1 is 1.11 bits per heavy atom. The Hall–Kier alpha value is -3.49. The minimum Gasteiger partial charge on any atom is -0.325 e. The van der Waals surface area contributed by atoms with Crippen LogP contribution in [0.3, 0.4) is 0 Å². The molecule has 3 rings (SSSR count). The summed E-state index contributed by atoms with van der Waals surface area (Å²) in [7, 11) is -3.89. The van der Waals surface area contributed by atoms with E-state index in [1.54, 1.807) is 19.1 Å². The van der Waals surface area contributed by atoms with E-state index in [1.165, 1.54) is 42.2 Å².